The van der Waals surface area contributed by atoms with Crippen molar-refractivity contribution in [3.05, 3.63) is 53.1 Å². The predicted molar refractivity (Wildman–Crippen MR) is 102 cm³/mol. The third kappa shape index (κ3) is 3.66. The first kappa shape index (κ1) is 20.0. The van der Waals surface area contributed by atoms with E-state index in [0.29, 0.717) is 16.9 Å². The minimum absolute atomic E-state index is 0.0372. The molecule has 1 atom stereocenters. The molecule has 3 amide bonds. The molecule has 152 valence electrons. The van der Waals surface area contributed by atoms with Crippen molar-refractivity contribution in [3.8, 4) is 17.2 Å². The maximum absolute atomic E-state index is 12.9. The van der Waals surface area contributed by atoms with Crippen LogP contribution in [0.3, 0.4) is 0 Å². The number of methoxy groups -OCH3 is 3. The molecule has 1 aliphatic rings. The summed E-state index contributed by atoms with van der Waals surface area (Å²) in [4.78, 5) is 37.6. The summed E-state index contributed by atoms with van der Waals surface area (Å²) in [5, 5.41) is 0.968. The Labute approximate surface area is 167 Å². The van der Waals surface area contributed by atoms with Gasteiger partial charge in [0.1, 0.15) is 0 Å². The summed E-state index contributed by atoms with van der Waals surface area (Å²) in [6.45, 7) is 0. The van der Waals surface area contributed by atoms with Gasteiger partial charge in [-0.1, -0.05) is 24.3 Å². The number of amides is 3. The Kier molecular flexibility index (Phi) is 5.58. The Balaban J connectivity index is 1.96. The van der Waals surface area contributed by atoms with E-state index >= 15 is 0 Å². The number of carbonyl (C=O) groups is 3. The molecule has 0 radical (unpaired) electrons. The highest BCUT2D eigenvalue weighted by atomic mass is 16.5. The molecule has 0 saturated carbocycles. The number of nitrogens with two attached hydrogens (primary N) is 1. The second-order valence-corrected chi connectivity index (χ2v) is 6.30. The van der Waals surface area contributed by atoms with Crippen LogP contribution in [0.4, 0.5) is 0 Å². The van der Waals surface area contributed by atoms with Crippen LogP contribution in [0.2, 0.25) is 0 Å². The van der Waals surface area contributed by atoms with E-state index in [1.807, 2.05) is 0 Å². The lowest BCUT2D eigenvalue weighted by Crippen LogP contribution is -2.54. The number of fused-ring (bicyclic) bond motifs is 1. The minimum Gasteiger partial charge on any atom is -0.493 e. The standard InChI is InChI=1S/C20H21N3O6/c1-27-14-8-12(9-15(28-2)18(14)29-3)20(26)22-23-16(24)10-11-6-4-5-7-13(11)17(23)19(21)25/h4-9,17H,10H2,1-3H3,(H2,21,25)(H,22,26). The van der Waals surface area contributed by atoms with Crippen LogP contribution < -0.4 is 25.4 Å². The predicted octanol–water partition coefficient (Wildman–Crippen LogP) is 0.968. The highest BCUT2D eigenvalue weighted by Crippen LogP contribution is 2.38. The van der Waals surface area contributed by atoms with Crippen molar-refractivity contribution in [2.75, 3.05) is 21.3 Å². The minimum atomic E-state index is -1.11. The molecule has 9 heteroatoms. The summed E-state index contributed by atoms with van der Waals surface area (Å²) in [6, 6.07) is 8.74. The Hall–Kier alpha value is -3.75. The highest BCUT2D eigenvalue weighted by Gasteiger charge is 2.37. The van der Waals surface area contributed by atoms with E-state index < -0.39 is 23.8 Å². The Morgan fingerprint density at radius 1 is 1.07 bits per heavy atom. The van der Waals surface area contributed by atoms with Crippen molar-refractivity contribution in [2.45, 2.75) is 12.5 Å². The van der Waals surface area contributed by atoms with Gasteiger partial charge >= 0.3 is 0 Å². The third-order valence-electron chi connectivity index (χ3n) is 4.64. The van der Waals surface area contributed by atoms with Crippen LogP contribution in [0.1, 0.15) is 27.5 Å². The average Bonchev–Trinajstić information content (AvgIpc) is 2.72. The molecule has 0 aliphatic carbocycles. The summed E-state index contributed by atoms with van der Waals surface area (Å²) >= 11 is 0. The topological polar surface area (TPSA) is 120 Å². The van der Waals surface area contributed by atoms with Gasteiger partial charge in [0.15, 0.2) is 17.5 Å². The molecule has 1 heterocycles. The molecule has 0 saturated heterocycles. The normalized spacial score (nSPS) is 15.3. The zero-order chi connectivity index (χ0) is 21.1. The van der Waals surface area contributed by atoms with Crippen molar-refractivity contribution < 1.29 is 28.6 Å². The number of rotatable bonds is 6. The van der Waals surface area contributed by atoms with Crippen LogP contribution in [0.15, 0.2) is 36.4 Å². The number of nitrogens with zero attached hydrogens (tertiary/aromatic N) is 1. The van der Waals surface area contributed by atoms with Crippen molar-refractivity contribution in [2.24, 2.45) is 5.73 Å². The number of benzene rings is 2. The summed E-state index contributed by atoms with van der Waals surface area (Å²) < 4.78 is 15.7. The van der Waals surface area contributed by atoms with Gasteiger partial charge in [0.05, 0.1) is 27.8 Å². The van der Waals surface area contributed by atoms with Crippen LogP contribution in [-0.4, -0.2) is 44.1 Å². The fraction of sp³-hybridized carbons (Fsp3) is 0.250. The van der Waals surface area contributed by atoms with E-state index in [-0.39, 0.29) is 23.5 Å². The van der Waals surface area contributed by atoms with Crippen LogP contribution in [0.25, 0.3) is 0 Å². The Morgan fingerprint density at radius 3 is 2.24 bits per heavy atom. The van der Waals surface area contributed by atoms with E-state index in [1.54, 1.807) is 24.3 Å². The maximum Gasteiger partial charge on any atom is 0.270 e. The highest BCUT2D eigenvalue weighted by molar-refractivity contribution is 5.99. The van der Waals surface area contributed by atoms with E-state index in [9.17, 15) is 14.4 Å². The number of nitrogens with one attached hydrogen (secondary N) is 1. The zero-order valence-electron chi connectivity index (χ0n) is 16.2. The molecule has 0 aromatic heterocycles. The molecule has 3 N–H and O–H groups in total. The quantitative estimate of drug-likeness (QED) is 0.747. The monoisotopic (exact) mass is 399 g/mol. The summed E-state index contributed by atoms with van der Waals surface area (Å²) in [7, 11) is 4.29. The first-order valence-electron chi connectivity index (χ1n) is 8.71. The second kappa shape index (κ2) is 8.09. The molecule has 0 bridgehead atoms. The van der Waals surface area contributed by atoms with Crippen molar-refractivity contribution in [3.63, 3.8) is 0 Å². The summed E-state index contributed by atoms with van der Waals surface area (Å²) in [5.41, 5.74) is 9.44. The molecule has 1 unspecified atom stereocenters. The number of carbonyl (C=O) groups excluding carboxylic acids is 3. The molecule has 29 heavy (non-hydrogen) atoms. The summed E-state index contributed by atoms with van der Waals surface area (Å²) in [5.74, 6) is -0.964. The molecule has 9 nitrogen and oxygen atoms in total. The fourth-order valence-electron chi connectivity index (χ4n) is 3.29. The Morgan fingerprint density at radius 2 is 1.69 bits per heavy atom. The van der Waals surface area contributed by atoms with Gasteiger partial charge < -0.3 is 19.9 Å². The van der Waals surface area contributed by atoms with Crippen molar-refractivity contribution >= 4 is 17.7 Å². The molecule has 0 spiro atoms. The average molecular weight is 399 g/mol. The van der Waals surface area contributed by atoms with Crippen molar-refractivity contribution in [1.29, 1.82) is 0 Å². The van der Waals surface area contributed by atoms with Crippen LogP contribution in [0.5, 0.6) is 17.2 Å². The van der Waals surface area contributed by atoms with Crippen molar-refractivity contribution in [1.82, 2.24) is 10.4 Å². The molecular weight excluding hydrogens is 378 g/mol. The van der Waals surface area contributed by atoms with Gasteiger partial charge in [0.2, 0.25) is 17.6 Å². The fourth-order valence-corrected chi connectivity index (χ4v) is 3.29. The number of ether oxygens (including phenoxy) is 3. The van der Waals surface area contributed by atoms with Gasteiger partial charge in [-0.05, 0) is 23.3 Å². The zero-order valence-corrected chi connectivity index (χ0v) is 16.2. The lowest BCUT2D eigenvalue weighted by Gasteiger charge is -2.35. The number of hydrogen-bond donors (Lipinski definition) is 2. The van der Waals surface area contributed by atoms with E-state index in [2.05, 4.69) is 5.43 Å². The largest absolute Gasteiger partial charge is 0.493 e. The lowest BCUT2D eigenvalue weighted by atomic mass is 9.93. The number of hydrogen-bond acceptors (Lipinski definition) is 6. The first-order valence-corrected chi connectivity index (χ1v) is 8.71. The van der Waals surface area contributed by atoms with Gasteiger partial charge in [0.25, 0.3) is 5.91 Å². The second-order valence-electron chi connectivity index (χ2n) is 6.30. The molecule has 1 aliphatic heterocycles. The van der Waals surface area contributed by atoms with Crippen LogP contribution in [0, 0.1) is 0 Å². The SMILES string of the molecule is COc1cc(C(=O)NN2C(=O)Cc3ccccc3C2C(N)=O)cc(OC)c1OC. The van der Waals surface area contributed by atoms with Gasteiger partial charge in [-0.15, -0.1) is 0 Å². The van der Waals surface area contributed by atoms with Gasteiger partial charge in [-0.3, -0.25) is 19.8 Å². The first-order chi connectivity index (χ1) is 13.9. The number of hydrazine groups is 1. The van der Waals surface area contributed by atoms with Gasteiger partial charge in [0, 0.05) is 5.56 Å². The number of primary amides is 1. The Bertz CT molecular complexity index is 949. The van der Waals surface area contributed by atoms with Crippen LogP contribution >= 0.6 is 0 Å². The van der Waals surface area contributed by atoms with Gasteiger partial charge in [-0.25, -0.2) is 5.01 Å². The molecular formula is C20H21N3O6. The van der Waals surface area contributed by atoms with Crippen LogP contribution in [-0.2, 0) is 16.0 Å². The van der Waals surface area contributed by atoms with E-state index in [4.69, 9.17) is 19.9 Å². The molecule has 3 rings (SSSR count). The molecule has 0 fully saturated rings. The maximum atomic E-state index is 12.9. The smallest absolute Gasteiger partial charge is 0.270 e. The molecule has 2 aromatic carbocycles. The third-order valence-corrected chi connectivity index (χ3v) is 4.64. The lowest BCUT2D eigenvalue weighted by molar-refractivity contribution is -0.143. The van der Waals surface area contributed by atoms with E-state index in [1.165, 1.54) is 33.5 Å². The summed E-state index contributed by atoms with van der Waals surface area (Å²) in [6.07, 6.45) is 0.0372. The molecule has 2 aromatic rings. The van der Waals surface area contributed by atoms with Gasteiger partial charge in [-0.2, -0.15) is 0 Å². The van der Waals surface area contributed by atoms with E-state index in [0.717, 1.165) is 5.01 Å².